The Morgan fingerprint density at radius 1 is 1.24 bits per heavy atom. The van der Waals surface area contributed by atoms with E-state index >= 15 is 0 Å². The number of benzene rings is 1. The zero-order chi connectivity index (χ0) is 15.7. The molecule has 4 nitrogen and oxygen atoms in total. The Kier molecular flexibility index (Phi) is 7.90. The molecule has 0 radical (unpaired) electrons. The highest BCUT2D eigenvalue weighted by Crippen LogP contribution is 2.12. The molecule has 116 valence electrons. The first-order chi connectivity index (χ1) is 10.0. The summed E-state index contributed by atoms with van der Waals surface area (Å²) in [4.78, 5) is 11.5. The van der Waals surface area contributed by atoms with E-state index in [9.17, 15) is 14.3 Å². The van der Waals surface area contributed by atoms with Crippen molar-refractivity contribution in [2.24, 2.45) is 0 Å². The maximum Gasteiger partial charge on any atom is 0.231 e. The minimum Gasteiger partial charge on any atom is -0.264 e. The molecule has 0 saturated heterocycles. The van der Waals surface area contributed by atoms with E-state index in [1.165, 1.54) is 0 Å². The van der Waals surface area contributed by atoms with Gasteiger partial charge in [-0.15, -0.1) is 0 Å². The molecule has 2 atom stereocenters. The second-order valence-corrected chi connectivity index (χ2v) is 6.88. The first-order valence-electron chi connectivity index (χ1n) is 7.22. The van der Waals surface area contributed by atoms with Crippen LogP contribution in [0.4, 0.5) is 0 Å². The molecule has 2 unspecified atom stereocenters. The topological polar surface area (TPSA) is 60.2 Å². The van der Waals surface area contributed by atoms with Gasteiger partial charge in [-0.25, -0.2) is 0 Å². The minimum atomic E-state index is -0.961. The molecule has 21 heavy (non-hydrogen) atoms. The van der Waals surface area contributed by atoms with Gasteiger partial charge >= 0.3 is 0 Å². The zero-order valence-corrected chi connectivity index (χ0v) is 13.5. The zero-order valence-electron chi connectivity index (χ0n) is 12.7. The Morgan fingerprint density at radius 3 is 2.48 bits per heavy atom. The van der Waals surface area contributed by atoms with Gasteiger partial charge in [-0.2, -0.15) is 0 Å². The van der Waals surface area contributed by atoms with Gasteiger partial charge in [0.1, 0.15) is 0 Å². The Hall–Kier alpha value is -1.49. The van der Waals surface area contributed by atoms with Crippen molar-refractivity contribution in [1.29, 1.82) is 0 Å². The molecule has 0 heterocycles. The van der Waals surface area contributed by atoms with Gasteiger partial charge in [-0.3, -0.25) is 14.3 Å². The van der Waals surface area contributed by atoms with E-state index in [4.69, 9.17) is 0 Å². The standard InChI is InChI=1S/C16H23NO3S/c1-14(2)13-15(17(18)19)9-5-4-8-12-21(20)16-10-6-3-7-11-16/h3,6-7,10-11,13,15H,4-5,8-9,12H2,1-2H3. The van der Waals surface area contributed by atoms with E-state index in [1.54, 1.807) is 6.08 Å². The molecule has 0 saturated carbocycles. The highest BCUT2D eigenvalue weighted by atomic mass is 32.2. The lowest BCUT2D eigenvalue weighted by Crippen LogP contribution is -2.16. The predicted molar refractivity (Wildman–Crippen MR) is 86.4 cm³/mol. The van der Waals surface area contributed by atoms with E-state index in [2.05, 4.69) is 0 Å². The number of rotatable bonds is 9. The summed E-state index contributed by atoms with van der Waals surface area (Å²) >= 11 is 0. The van der Waals surface area contributed by atoms with Crippen LogP contribution in [0.5, 0.6) is 0 Å². The number of unbranched alkanes of at least 4 members (excludes halogenated alkanes) is 2. The molecule has 0 N–H and O–H groups in total. The Labute approximate surface area is 128 Å². The summed E-state index contributed by atoms with van der Waals surface area (Å²) in [6, 6.07) is 8.82. The number of nitrogens with zero attached hydrogens (tertiary/aromatic N) is 1. The monoisotopic (exact) mass is 309 g/mol. The van der Waals surface area contributed by atoms with Crippen molar-refractivity contribution in [2.75, 3.05) is 5.75 Å². The molecular formula is C16H23NO3S. The van der Waals surface area contributed by atoms with Crippen molar-refractivity contribution >= 4 is 10.8 Å². The van der Waals surface area contributed by atoms with E-state index in [-0.39, 0.29) is 4.92 Å². The summed E-state index contributed by atoms with van der Waals surface area (Å²) in [5.41, 5.74) is 0.974. The average Bonchev–Trinajstić information content (AvgIpc) is 2.45. The summed E-state index contributed by atoms with van der Waals surface area (Å²) in [5.74, 6) is 0.621. The number of allylic oxidation sites excluding steroid dienone is 1. The minimum absolute atomic E-state index is 0.227. The fourth-order valence-electron chi connectivity index (χ4n) is 2.09. The lowest BCUT2D eigenvalue weighted by atomic mass is 10.1. The first kappa shape index (κ1) is 17.6. The maximum atomic E-state index is 12.0. The molecule has 5 heteroatoms. The summed E-state index contributed by atoms with van der Waals surface area (Å²) in [5, 5.41) is 10.9. The van der Waals surface area contributed by atoms with Crippen LogP contribution < -0.4 is 0 Å². The number of nitro groups is 1. The molecular weight excluding hydrogens is 286 g/mol. The van der Waals surface area contributed by atoms with E-state index < -0.39 is 16.8 Å². The van der Waals surface area contributed by atoms with Crippen LogP contribution in [0.3, 0.4) is 0 Å². The smallest absolute Gasteiger partial charge is 0.231 e. The number of hydrogen-bond acceptors (Lipinski definition) is 3. The molecule has 0 spiro atoms. The Bertz CT molecular complexity index is 496. The summed E-state index contributed by atoms with van der Waals surface area (Å²) in [6.45, 7) is 3.75. The highest BCUT2D eigenvalue weighted by Gasteiger charge is 2.15. The van der Waals surface area contributed by atoms with Gasteiger partial charge < -0.3 is 0 Å². The van der Waals surface area contributed by atoms with E-state index in [0.717, 1.165) is 29.7 Å². The molecule has 0 aliphatic carbocycles. The average molecular weight is 309 g/mol. The third-order valence-electron chi connectivity index (χ3n) is 3.13. The first-order valence-corrected chi connectivity index (χ1v) is 8.54. The number of hydrogen-bond donors (Lipinski definition) is 0. The molecule has 1 aromatic rings. The van der Waals surface area contributed by atoms with Crippen LogP contribution >= 0.6 is 0 Å². The third-order valence-corrected chi connectivity index (χ3v) is 4.59. The van der Waals surface area contributed by atoms with Gasteiger partial charge in [0.25, 0.3) is 0 Å². The highest BCUT2D eigenvalue weighted by molar-refractivity contribution is 7.85. The van der Waals surface area contributed by atoms with Crippen LogP contribution in [0.15, 0.2) is 46.9 Å². The summed E-state index contributed by atoms with van der Waals surface area (Å²) in [6.07, 6.45) is 4.76. The van der Waals surface area contributed by atoms with Gasteiger partial charge in [0.2, 0.25) is 6.04 Å². The molecule has 1 rings (SSSR count). The van der Waals surface area contributed by atoms with Crippen molar-refractivity contribution in [1.82, 2.24) is 0 Å². The van der Waals surface area contributed by atoms with Crippen LogP contribution in [0.25, 0.3) is 0 Å². The van der Waals surface area contributed by atoms with Crippen molar-refractivity contribution in [2.45, 2.75) is 50.5 Å². The van der Waals surface area contributed by atoms with Crippen LogP contribution in [-0.2, 0) is 10.8 Å². The van der Waals surface area contributed by atoms with Crippen LogP contribution in [0.1, 0.15) is 39.5 Å². The molecule has 0 aliphatic rings. The maximum absolute atomic E-state index is 12.0. The van der Waals surface area contributed by atoms with Crippen molar-refractivity contribution in [3.05, 3.63) is 52.1 Å². The van der Waals surface area contributed by atoms with E-state index in [0.29, 0.717) is 12.2 Å². The molecule has 0 bridgehead atoms. The lowest BCUT2D eigenvalue weighted by molar-refractivity contribution is -0.510. The second kappa shape index (κ2) is 9.45. The van der Waals surface area contributed by atoms with Gasteiger partial charge in [-0.05, 0) is 44.9 Å². The van der Waals surface area contributed by atoms with Crippen molar-refractivity contribution in [3.63, 3.8) is 0 Å². The summed E-state index contributed by atoms with van der Waals surface area (Å²) < 4.78 is 12.0. The Morgan fingerprint density at radius 2 is 1.90 bits per heavy atom. The molecule has 0 aliphatic heterocycles. The fourth-order valence-corrected chi connectivity index (χ4v) is 3.25. The van der Waals surface area contributed by atoms with Crippen molar-refractivity contribution < 1.29 is 9.13 Å². The van der Waals surface area contributed by atoms with Gasteiger partial charge in [0, 0.05) is 22.0 Å². The van der Waals surface area contributed by atoms with Gasteiger partial charge in [0.05, 0.1) is 10.8 Å². The van der Waals surface area contributed by atoms with Gasteiger partial charge in [0.15, 0.2) is 0 Å². The second-order valence-electron chi connectivity index (χ2n) is 5.31. The Balaban J connectivity index is 2.26. The fraction of sp³-hybridized carbons (Fsp3) is 0.500. The third kappa shape index (κ3) is 7.18. The SMILES string of the molecule is CC(C)=CC(CCCCCS(=O)c1ccccc1)[N+](=O)[O-]. The quantitative estimate of drug-likeness (QED) is 0.300. The molecule has 0 aromatic heterocycles. The van der Waals surface area contributed by atoms with Crippen LogP contribution in [0, 0.1) is 10.1 Å². The molecule has 1 aromatic carbocycles. The lowest BCUT2D eigenvalue weighted by Gasteiger charge is -2.06. The van der Waals surface area contributed by atoms with E-state index in [1.807, 2.05) is 44.2 Å². The molecule has 0 amide bonds. The van der Waals surface area contributed by atoms with Crippen LogP contribution in [0.2, 0.25) is 0 Å². The van der Waals surface area contributed by atoms with Crippen molar-refractivity contribution in [3.8, 4) is 0 Å². The largest absolute Gasteiger partial charge is 0.264 e. The van der Waals surface area contributed by atoms with Crippen LogP contribution in [-0.4, -0.2) is 20.9 Å². The normalized spacial score (nSPS) is 13.4. The summed E-state index contributed by atoms with van der Waals surface area (Å²) in [7, 11) is -0.961. The van der Waals surface area contributed by atoms with Gasteiger partial charge in [-0.1, -0.05) is 30.2 Å². The predicted octanol–water partition coefficient (Wildman–Crippen LogP) is 3.97. The molecule has 0 fully saturated rings.